The Balaban J connectivity index is 2.26. The summed E-state index contributed by atoms with van der Waals surface area (Å²) >= 11 is 0. The molecule has 1 amide bonds. The van der Waals surface area contributed by atoms with Crippen LogP contribution in [0.2, 0.25) is 0 Å². The van der Waals surface area contributed by atoms with E-state index in [2.05, 4.69) is 41.7 Å². The monoisotopic (exact) mass is 327 g/mol. The summed E-state index contributed by atoms with van der Waals surface area (Å²) in [5, 5.41) is 10.2. The van der Waals surface area contributed by atoms with Crippen molar-refractivity contribution in [3.8, 4) is 0 Å². The minimum absolute atomic E-state index is 0.124. The minimum Gasteiger partial charge on any atom is -0.450 e. The van der Waals surface area contributed by atoms with Gasteiger partial charge in [0, 0.05) is 44.8 Å². The van der Waals surface area contributed by atoms with E-state index < -0.39 is 0 Å². The normalized spacial score (nSPS) is 17.1. The van der Waals surface area contributed by atoms with Crippen molar-refractivity contribution in [2.45, 2.75) is 52.1 Å². The van der Waals surface area contributed by atoms with Gasteiger partial charge in [-0.15, -0.1) is 0 Å². The van der Waals surface area contributed by atoms with Crippen LogP contribution < -0.4 is 16.0 Å². The number of aliphatic imine (C=N–C) groups is 1. The van der Waals surface area contributed by atoms with Crippen molar-refractivity contribution in [2.24, 2.45) is 4.99 Å². The first-order chi connectivity index (χ1) is 10.9. The van der Waals surface area contributed by atoms with Crippen LogP contribution in [0.25, 0.3) is 0 Å². The number of carbonyl (C=O) groups is 1. The molecule has 3 N–H and O–H groups in total. The predicted molar refractivity (Wildman–Crippen MR) is 93.9 cm³/mol. The molecule has 0 atom stereocenters. The van der Waals surface area contributed by atoms with Crippen molar-refractivity contribution in [1.82, 2.24) is 20.9 Å². The summed E-state index contributed by atoms with van der Waals surface area (Å²) in [6.45, 7) is 11.8. The van der Waals surface area contributed by atoms with E-state index in [9.17, 15) is 4.79 Å². The van der Waals surface area contributed by atoms with Gasteiger partial charge >= 0.3 is 6.09 Å². The molecule has 134 valence electrons. The van der Waals surface area contributed by atoms with Gasteiger partial charge in [-0.2, -0.15) is 0 Å². The molecule has 0 unspecified atom stereocenters. The fraction of sp³-hybridized carbons (Fsp3) is 0.875. The summed E-state index contributed by atoms with van der Waals surface area (Å²) < 4.78 is 5.04. The van der Waals surface area contributed by atoms with Gasteiger partial charge in [-0.25, -0.2) is 4.79 Å². The number of hydrogen-bond donors (Lipinski definition) is 3. The van der Waals surface area contributed by atoms with Gasteiger partial charge in [0.05, 0.1) is 6.61 Å². The van der Waals surface area contributed by atoms with Crippen molar-refractivity contribution >= 4 is 12.1 Å². The lowest BCUT2D eigenvalue weighted by Gasteiger charge is -2.32. The lowest BCUT2D eigenvalue weighted by atomic mass is 10.1. The molecule has 0 aromatic carbocycles. The fourth-order valence-corrected chi connectivity index (χ4v) is 2.43. The summed E-state index contributed by atoms with van der Waals surface area (Å²) in [5.41, 5.74) is 0.124. The van der Waals surface area contributed by atoms with Gasteiger partial charge in [0.2, 0.25) is 0 Å². The largest absolute Gasteiger partial charge is 0.450 e. The number of amides is 1. The van der Waals surface area contributed by atoms with E-state index in [1.807, 2.05) is 6.92 Å². The molecule has 23 heavy (non-hydrogen) atoms. The maximum Gasteiger partial charge on any atom is 0.409 e. The highest BCUT2D eigenvalue weighted by Gasteiger charge is 2.23. The number of ether oxygens (including phenoxy) is 1. The van der Waals surface area contributed by atoms with Crippen LogP contribution in [0, 0.1) is 0 Å². The minimum atomic E-state index is -0.207. The second kappa shape index (κ2) is 9.60. The molecule has 1 fully saturated rings. The smallest absolute Gasteiger partial charge is 0.409 e. The summed E-state index contributed by atoms with van der Waals surface area (Å²) in [6, 6.07) is 0.336. The molecule has 1 rings (SSSR count). The summed E-state index contributed by atoms with van der Waals surface area (Å²) in [6.07, 6.45) is 1.60. The molecule has 1 heterocycles. The maximum atomic E-state index is 11.7. The topological polar surface area (TPSA) is 78.0 Å². The molecule has 0 bridgehead atoms. The number of hydrogen-bond acceptors (Lipinski definition) is 4. The van der Waals surface area contributed by atoms with Crippen LogP contribution in [0.1, 0.15) is 40.5 Å². The summed E-state index contributed by atoms with van der Waals surface area (Å²) in [5.74, 6) is 0.815. The molecule has 0 aliphatic carbocycles. The highest BCUT2D eigenvalue weighted by molar-refractivity contribution is 5.80. The van der Waals surface area contributed by atoms with Gasteiger partial charge < -0.3 is 25.6 Å². The molecule has 0 radical (unpaired) electrons. The second-order valence-electron chi connectivity index (χ2n) is 6.78. The summed E-state index contributed by atoms with van der Waals surface area (Å²) in [4.78, 5) is 17.7. The quantitative estimate of drug-likeness (QED) is 0.401. The van der Waals surface area contributed by atoms with E-state index in [4.69, 9.17) is 4.74 Å². The number of nitrogens with one attached hydrogen (secondary N) is 3. The van der Waals surface area contributed by atoms with Gasteiger partial charge in [-0.05, 0) is 40.5 Å². The number of nitrogens with zero attached hydrogens (tertiary/aromatic N) is 2. The Kier molecular flexibility index (Phi) is 8.16. The van der Waals surface area contributed by atoms with Crippen LogP contribution in [0.3, 0.4) is 0 Å². The first-order valence-electron chi connectivity index (χ1n) is 8.49. The number of rotatable bonds is 5. The molecular weight excluding hydrogens is 294 g/mol. The molecule has 0 aromatic rings. The molecule has 1 aliphatic rings. The Labute approximate surface area is 140 Å². The van der Waals surface area contributed by atoms with Crippen molar-refractivity contribution < 1.29 is 9.53 Å². The molecule has 0 saturated carbocycles. The van der Waals surface area contributed by atoms with E-state index in [0.717, 1.165) is 45.0 Å². The van der Waals surface area contributed by atoms with Crippen LogP contribution in [0.4, 0.5) is 4.79 Å². The molecule has 1 aliphatic heterocycles. The fourth-order valence-electron chi connectivity index (χ4n) is 2.43. The molecular formula is C16H33N5O2. The number of piperidine rings is 1. The van der Waals surface area contributed by atoms with Gasteiger partial charge in [0.25, 0.3) is 0 Å². The average molecular weight is 327 g/mol. The zero-order valence-electron chi connectivity index (χ0n) is 15.2. The number of carbonyl (C=O) groups excluding carboxylic acids is 1. The van der Waals surface area contributed by atoms with E-state index in [-0.39, 0.29) is 11.6 Å². The number of guanidine groups is 1. The highest BCUT2D eigenvalue weighted by Crippen LogP contribution is 2.11. The van der Waals surface area contributed by atoms with Gasteiger partial charge in [-0.1, -0.05) is 0 Å². The highest BCUT2D eigenvalue weighted by atomic mass is 16.6. The van der Waals surface area contributed by atoms with E-state index >= 15 is 0 Å². The standard InChI is InChI=1S/C16H33N5O2/c1-6-23-15(22)21-11-7-13(8-12-21)20-14(17-5)18-9-10-19-16(2,3)4/h13,19H,6-12H2,1-5H3,(H2,17,18,20). The Morgan fingerprint density at radius 2 is 1.91 bits per heavy atom. The second-order valence-corrected chi connectivity index (χ2v) is 6.78. The molecule has 0 spiro atoms. The first-order valence-corrected chi connectivity index (χ1v) is 8.49. The maximum absolute atomic E-state index is 11.7. The van der Waals surface area contributed by atoms with Crippen molar-refractivity contribution in [3.05, 3.63) is 0 Å². The van der Waals surface area contributed by atoms with Gasteiger partial charge in [0.1, 0.15) is 0 Å². The SMILES string of the molecule is CCOC(=O)N1CCC(NC(=NC)NCCNC(C)(C)C)CC1. The van der Waals surface area contributed by atoms with Crippen LogP contribution in [0.15, 0.2) is 4.99 Å². The zero-order chi connectivity index (χ0) is 17.3. The van der Waals surface area contributed by atoms with Crippen molar-refractivity contribution in [1.29, 1.82) is 0 Å². The molecule has 7 heteroatoms. The van der Waals surface area contributed by atoms with E-state index in [0.29, 0.717) is 12.6 Å². The third kappa shape index (κ3) is 8.06. The van der Waals surface area contributed by atoms with Crippen LogP contribution in [0.5, 0.6) is 0 Å². The lowest BCUT2D eigenvalue weighted by molar-refractivity contribution is 0.0963. The Hall–Kier alpha value is -1.50. The predicted octanol–water partition coefficient (Wildman–Crippen LogP) is 1.16. The average Bonchev–Trinajstić information content (AvgIpc) is 2.50. The van der Waals surface area contributed by atoms with E-state index in [1.165, 1.54) is 0 Å². The Bertz CT molecular complexity index is 384. The first kappa shape index (κ1) is 19.5. The third-order valence-electron chi connectivity index (χ3n) is 3.66. The van der Waals surface area contributed by atoms with Gasteiger partial charge in [-0.3, -0.25) is 4.99 Å². The van der Waals surface area contributed by atoms with Crippen molar-refractivity contribution in [2.75, 3.05) is 39.8 Å². The lowest BCUT2D eigenvalue weighted by Crippen LogP contribution is -2.51. The summed E-state index contributed by atoms with van der Waals surface area (Å²) in [7, 11) is 1.78. The molecule has 1 saturated heterocycles. The van der Waals surface area contributed by atoms with Crippen LogP contribution in [-0.4, -0.2) is 68.4 Å². The van der Waals surface area contributed by atoms with Crippen molar-refractivity contribution in [3.63, 3.8) is 0 Å². The third-order valence-corrected chi connectivity index (χ3v) is 3.66. The van der Waals surface area contributed by atoms with Crippen LogP contribution in [-0.2, 0) is 4.74 Å². The van der Waals surface area contributed by atoms with Gasteiger partial charge in [0.15, 0.2) is 5.96 Å². The van der Waals surface area contributed by atoms with Crippen LogP contribution >= 0.6 is 0 Å². The van der Waals surface area contributed by atoms with E-state index in [1.54, 1.807) is 11.9 Å². The Morgan fingerprint density at radius 1 is 1.26 bits per heavy atom. The molecule has 7 nitrogen and oxygen atoms in total. The number of likely N-dealkylation sites (tertiary alicyclic amines) is 1. The Morgan fingerprint density at radius 3 is 2.43 bits per heavy atom. The molecule has 0 aromatic heterocycles. The zero-order valence-corrected chi connectivity index (χ0v) is 15.2.